The molecule has 1 saturated heterocycles. The molecule has 0 aromatic heterocycles. The Morgan fingerprint density at radius 3 is 2.71 bits per heavy atom. The highest BCUT2D eigenvalue weighted by molar-refractivity contribution is 7.90. The maximum Gasteiger partial charge on any atom is 0.194 e. The van der Waals surface area contributed by atoms with Crippen molar-refractivity contribution in [2.45, 2.75) is 46.5 Å². The Morgan fingerprint density at radius 2 is 2.08 bits per heavy atom. The number of hydrogen-bond donors (Lipinski definition) is 1. The van der Waals surface area contributed by atoms with Gasteiger partial charge in [-0.3, -0.25) is 4.99 Å². The molecule has 7 heteroatoms. The number of aliphatic imine (C=N–C) groups is 1. The molecule has 1 aliphatic rings. The van der Waals surface area contributed by atoms with Crippen LogP contribution in [0.2, 0.25) is 0 Å². The minimum atomic E-state index is -2.95. The molecule has 1 atom stereocenters. The van der Waals surface area contributed by atoms with E-state index in [9.17, 15) is 8.42 Å². The van der Waals surface area contributed by atoms with Crippen molar-refractivity contribution >= 4 is 15.8 Å². The molecule has 1 N–H and O–H groups in total. The summed E-state index contributed by atoms with van der Waals surface area (Å²) in [5, 5.41) is 3.37. The summed E-state index contributed by atoms with van der Waals surface area (Å²) in [5.41, 5.74) is 0.370. The molecule has 1 heterocycles. The van der Waals surface area contributed by atoms with Gasteiger partial charge in [-0.2, -0.15) is 0 Å². The third-order valence-electron chi connectivity index (χ3n) is 4.36. The number of rotatable bonds is 9. The van der Waals surface area contributed by atoms with Crippen molar-refractivity contribution in [2.75, 3.05) is 51.4 Å². The zero-order valence-corrected chi connectivity index (χ0v) is 16.6. The topological polar surface area (TPSA) is 71.0 Å². The zero-order valence-electron chi connectivity index (χ0n) is 15.8. The number of hydrogen-bond acceptors (Lipinski definition) is 4. The predicted molar refractivity (Wildman–Crippen MR) is 100 cm³/mol. The number of guanidine groups is 1. The summed E-state index contributed by atoms with van der Waals surface area (Å²) in [6, 6.07) is 0. The van der Waals surface area contributed by atoms with Crippen LogP contribution < -0.4 is 5.32 Å². The third-order valence-corrected chi connectivity index (χ3v) is 5.27. The fraction of sp³-hybridized carbons (Fsp3) is 0.941. The standard InChI is InChI=1S/C17H35N3O3S/c1-5-8-17(3)9-7-11-20(15-17)16(18-6-2)19-10-12-23-13-14-24(4,21)22/h5-15H2,1-4H3,(H,18,19). The van der Waals surface area contributed by atoms with Crippen LogP contribution in [0.15, 0.2) is 4.99 Å². The zero-order chi connectivity index (χ0) is 18.1. The van der Waals surface area contributed by atoms with Crippen LogP contribution in [-0.4, -0.2) is 70.7 Å². The van der Waals surface area contributed by atoms with Gasteiger partial charge in [0, 0.05) is 25.9 Å². The van der Waals surface area contributed by atoms with Crippen molar-refractivity contribution < 1.29 is 13.2 Å². The molecule has 0 aromatic carbocycles. The molecular weight excluding hydrogens is 326 g/mol. The van der Waals surface area contributed by atoms with E-state index in [4.69, 9.17) is 4.74 Å². The molecule has 142 valence electrons. The monoisotopic (exact) mass is 361 g/mol. The van der Waals surface area contributed by atoms with Gasteiger partial charge in [0.25, 0.3) is 0 Å². The molecule has 1 unspecified atom stereocenters. The Kier molecular flexibility index (Phi) is 9.05. The molecular formula is C17H35N3O3S. The maximum absolute atomic E-state index is 11.1. The van der Waals surface area contributed by atoms with E-state index >= 15 is 0 Å². The second-order valence-electron chi connectivity index (χ2n) is 7.06. The quantitative estimate of drug-likeness (QED) is 0.386. The highest BCUT2D eigenvalue weighted by Crippen LogP contribution is 2.33. The average molecular weight is 362 g/mol. The number of piperidine rings is 1. The van der Waals surface area contributed by atoms with Crippen molar-refractivity contribution in [3.8, 4) is 0 Å². The van der Waals surface area contributed by atoms with Gasteiger partial charge in [0.2, 0.25) is 0 Å². The van der Waals surface area contributed by atoms with Gasteiger partial charge in [-0.25, -0.2) is 8.42 Å². The van der Waals surface area contributed by atoms with Crippen LogP contribution in [0.3, 0.4) is 0 Å². The fourth-order valence-electron chi connectivity index (χ4n) is 3.26. The normalized spacial score (nSPS) is 22.7. The first-order chi connectivity index (χ1) is 11.3. The van der Waals surface area contributed by atoms with Crippen molar-refractivity contribution in [3.05, 3.63) is 0 Å². The Balaban J connectivity index is 2.49. The van der Waals surface area contributed by atoms with E-state index in [1.165, 1.54) is 31.9 Å². The van der Waals surface area contributed by atoms with Gasteiger partial charge >= 0.3 is 0 Å². The van der Waals surface area contributed by atoms with Crippen LogP contribution in [0.5, 0.6) is 0 Å². The van der Waals surface area contributed by atoms with Gasteiger partial charge in [0.15, 0.2) is 5.96 Å². The summed E-state index contributed by atoms with van der Waals surface area (Å²) in [6.45, 7) is 10.9. The second-order valence-corrected chi connectivity index (χ2v) is 9.32. The van der Waals surface area contributed by atoms with E-state index in [0.717, 1.165) is 25.6 Å². The second kappa shape index (κ2) is 10.2. The van der Waals surface area contributed by atoms with Crippen molar-refractivity contribution in [1.29, 1.82) is 0 Å². The summed E-state index contributed by atoms with van der Waals surface area (Å²) >= 11 is 0. The number of nitrogens with one attached hydrogen (secondary N) is 1. The lowest BCUT2D eigenvalue weighted by Crippen LogP contribution is -2.50. The van der Waals surface area contributed by atoms with Crippen molar-refractivity contribution in [3.63, 3.8) is 0 Å². The molecule has 1 fully saturated rings. The Morgan fingerprint density at radius 1 is 1.33 bits per heavy atom. The van der Waals surface area contributed by atoms with E-state index in [0.29, 0.717) is 18.6 Å². The van der Waals surface area contributed by atoms with Gasteiger partial charge < -0.3 is 15.0 Å². The third kappa shape index (κ3) is 8.33. The average Bonchev–Trinajstić information content (AvgIpc) is 2.48. The molecule has 1 aliphatic heterocycles. The van der Waals surface area contributed by atoms with Crippen molar-refractivity contribution in [2.24, 2.45) is 10.4 Å². The summed E-state index contributed by atoms with van der Waals surface area (Å²) in [5.74, 6) is 1.02. The van der Waals surface area contributed by atoms with Crippen LogP contribution in [0, 0.1) is 5.41 Å². The molecule has 1 rings (SSSR count). The minimum absolute atomic E-state index is 0.0677. The highest BCUT2D eigenvalue weighted by atomic mass is 32.2. The van der Waals surface area contributed by atoms with E-state index in [-0.39, 0.29) is 12.4 Å². The Bertz CT molecular complexity index is 489. The first-order valence-electron chi connectivity index (χ1n) is 9.08. The number of sulfone groups is 1. The van der Waals surface area contributed by atoms with Crippen LogP contribution in [-0.2, 0) is 14.6 Å². The lowest BCUT2D eigenvalue weighted by molar-refractivity contribution is 0.140. The van der Waals surface area contributed by atoms with E-state index in [1.54, 1.807) is 0 Å². The van der Waals surface area contributed by atoms with Gasteiger partial charge in [-0.1, -0.05) is 20.3 Å². The molecule has 0 aromatic rings. The lowest BCUT2D eigenvalue weighted by Gasteiger charge is -2.42. The van der Waals surface area contributed by atoms with Crippen molar-refractivity contribution in [1.82, 2.24) is 10.2 Å². The van der Waals surface area contributed by atoms with Crippen LogP contribution in [0.25, 0.3) is 0 Å². The predicted octanol–water partition coefficient (Wildman–Crippen LogP) is 1.92. The first-order valence-corrected chi connectivity index (χ1v) is 11.1. The molecule has 0 spiro atoms. The molecule has 0 saturated carbocycles. The van der Waals surface area contributed by atoms with E-state index < -0.39 is 9.84 Å². The maximum atomic E-state index is 11.1. The molecule has 0 aliphatic carbocycles. The van der Waals surface area contributed by atoms with Gasteiger partial charge in [0.1, 0.15) is 9.84 Å². The number of nitrogens with zero attached hydrogens (tertiary/aromatic N) is 2. The first kappa shape index (κ1) is 21.2. The summed E-state index contributed by atoms with van der Waals surface area (Å²) in [7, 11) is -2.95. The fourth-order valence-corrected chi connectivity index (χ4v) is 3.68. The summed E-state index contributed by atoms with van der Waals surface area (Å²) < 4.78 is 27.5. The highest BCUT2D eigenvalue weighted by Gasteiger charge is 2.31. The van der Waals surface area contributed by atoms with Gasteiger partial charge in [-0.05, 0) is 31.6 Å². The van der Waals surface area contributed by atoms with Crippen LogP contribution in [0.4, 0.5) is 0 Å². The smallest absolute Gasteiger partial charge is 0.194 e. The number of likely N-dealkylation sites (tertiary alicyclic amines) is 1. The van der Waals surface area contributed by atoms with E-state index in [1.807, 2.05) is 0 Å². The summed E-state index contributed by atoms with van der Waals surface area (Å²) in [4.78, 5) is 7.01. The molecule has 6 nitrogen and oxygen atoms in total. The van der Waals surface area contributed by atoms with Crippen LogP contribution >= 0.6 is 0 Å². The summed E-state index contributed by atoms with van der Waals surface area (Å²) in [6.07, 6.45) is 6.17. The molecule has 0 bridgehead atoms. The molecule has 0 radical (unpaired) electrons. The number of ether oxygens (including phenoxy) is 1. The Hall–Kier alpha value is -0.820. The van der Waals surface area contributed by atoms with Crippen LogP contribution in [0.1, 0.15) is 46.5 Å². The molecule has 24 heavy (non-hydrogen) atoms. The minimum Gasteiger partial charge on any atom is -0.378 e. The SMILES string of the molecule is CCCC1(C)CCCN(C(=NCCOCCS(C)(=O)=O)NCC)C1. The lowest BCUT2D eigenvalue weighted by atomic mass is 9.78. The van der Waals surface area contributed by atoms with Gasteiger partial charge in [0.05, 0.1) is 25.5 Å². The van der Waals surface area contributed by atoms with Gasteiger partial charge in [-0.15, -0.1) is 0 Å². The largest absolute Gasteiger partial charge is 0.378 e. The van der Waals surface area contributed by atoms with E-state index in [2.05, 4.69) is 36.0 Å². The molecule has 0 amide bonds. The Labute approximate surface area is 148 Å².